The highest BCUT2D eigenvalue weighted by atomic mass is 16.5. The van der Waals surface area contributed by atoms with Crippen molar-refractivity contribution < 1.29 is 9.53 Å². The van der Waals surface area contributed by atoms with Crippen molar-refractivity contribution >= 4 is 5.91 Å². The highest BCUT2D eigenvalue weighted by Gasteiger charge is 2.16. The summed E-state index contributed by atoms with van der Waals surface area (Å²) in [7, 11) is 0. The third-order valence-corrected chi connectivity index (χ3v) is 6.01. The zero-order valence-corrected chi connectivity index (χ0v) is 19.0. The van der Waals surface area contributed by atoms with Gasteiger partial charge in [-0.05, 0) is 34.4 Å². The van der Waals surface area contributed by atoms with E-state index in [-0.39, 0.29) is 11.8 Å². The summed E-state index contributed by atoms with van der Waals surface area (Å²) in [6.07, 6.45) is 2.02. The number of rotatable bonds is 11. The first-order chi connectivity index (χ1) is 16.3. The molecule has 2 heterocycles. The Kier molecular flexibility index (Phi) is 8.55. The molecule has 2 aromatic carbocycles. The van der Waals surface area contributed by atoms with Crippen LogP contribution in [0.5, 0.6) is 0 Å². The average molecular weight is 449 g/mol. The van der Waals surface area contributed by atoms with Crippen molar-refractivity contribution in [3.8, 4) is 0 Å². The number of nitrogens with one attached hydrogen (secondary N) is 1. The van der Waals surface area contributed by atoms with Crippen molar-refractivity contribution in [2.75, 3.05) is 32.8 Å². The molecule has 0 spiro atoms. The second-order valence-electron chi connectivity index (χ2n) is 8.32. The van der Waals surface area contributed by atoms with Crippen LogP contribution in [-0.4, -0.2) is 63.9 Å². The first-order valence-electron chi connectivity index (χ1n) is 11.7. The molecule has 1 aliphatic rings. The normalized spacial score (nSPS) is 14.5. The van der Waals surface area contributed by atoms with Gasteiger partial charge in [-0.15, -0.1) is 5.10 Å². The van der Waals surface area contributed by atoms with Crippen LogP contribution in [0.4, 0.5) is 0 Å². The van der Waals surface area contributed by atoms with Gasteiger partial charge < -0.3 is 10.1 Å². The lowest BCUT2D eigenvalue weighted by atomic mass is 9.88. The van der Waals surface area contributed by atoms with E-state index in [9.17, 15) is 4.79 Å². The van der Waals surface area contributed by atoms with Crippen molar-refractivity contribution in [1.82, 2.24) is 30.4 Å². The molecule has 1 N–H and O–H groups in total. The van der Waals surface area contributed by atoms with Crippen LogP contribution in [0.15, 0.2) is 60.7 Å². The zero-order chi connectivity index (χ0) is 22.7. The molecule has 4 rings (SSSR count). The van der Waals surface area contributed by atoms with Gasteiger partial charge in [0, 0.05) is 38.5 Å². The number of tetrazole rings is 1. The van der Waals surface area contributed by atoms with Crippen LogP contribution in [0.25, 0.3) is 0 Å². The third-order valence-electron chi connectivity index (χ3n) is 6.01. The van der Waals surface area contributed by atoms with E-state index in [2.05, 4.69) is 74.3 Å². The Labute approximate surface area is 194 Å². The molecule has 8 heteroatoms. The summed E-state index contributed by atoms with van der Waals surface area (Å²) < 4.78 is 7.20. The highest BCUT2D eigenvalue weighted by Crippen LogP contribution is 2.27. The number of ether oxygens (including phenoxy) is 1. The van der Waals surface area contributed by atoms with Crippen LogP contribution < -0.4 is 5.32 Å². The van der Waals surface area contributed by atoms with Crippen LogP contribution in [-0.2, 0) is 22.6 Å². The lowest BCUT2D eigenvalue weighted by molar-refractivity contribution is -0.121. The van der Waals surface area contributed by atoms with Crippen LogP contribution in [0.3, 0.4) is 0 Å². The molecule has 1 amide bonds. The molecule has 0 atom stereocenters. The zero-order valence-electron chi connectivity index (χ0n) is 19.0. The molecule has 1 aliphatic heterocycles. The van der Waals surface area contributed by atoms with Gasteiger partial charge >= 0.3 is 0 Å². The standard InChI is InChI=1S/C25H32N6O2/c32-25(12-7-15-31-24(27-28-29-31)20-30-16-18-33-19-17-30)26-14-13-23(21-8-3-1-4-9-21)22-10-5-2-6-11-22/h1-6,8-11,23H,7,12-20H2,(H,26,32). The number of aromatic nitrogens is 4. The summed E-state index contributed by atoms with van der Waals surface area (Å²) in [5.41, 5.74) is 2.54. The van der Waals surface area contributed by atoms with Gasteiger partial charge in [0.15, 0.2) is 5.82 Å². The topological polar surface area (TPSA) is 85.2 Å². The van der Waals surface area contributed by atoms with E-state index in [1.807, 2.05) is 16.8 Å². The summed E-state index contributed by atoms with van der Waals surface area (Å²) in [4.78, 5) is 14.7. The van der Waals surface area contributed by atoms with Gasteiger partial charge in [-0.3, -0.25) is 9.69 Å². The molecule has 0 radical (unpaired) electrons. The van der Waals surface area contributed by atoms with Crippen molar-refractivity contribution in [2.24, 2.45) is 0 Å². The molecule has 174 valence electrons. The first kappa shape index (κ1) is 23.1. The number of hydrogen-bond donors (Lipinski definition) is 1. The molecule has 1 aromatic heterocycles. The Hall–Kier alpha value is -3.10. The van der Waals surface area contributed by atoms with Gasteiger partial charge in [0.1, 0.15) is 0 Å². The molecule has 0 saturated carbocycles. The second-order valence-corrected chi connectivity index (χ2v) is 8.32. The van der Waals surface area contributed by atoms with Gasteiger partial charge in [0.2, 0.25) is 5.91 Å². The molecule has 33 heavy (non-hydrogen) atoms. The van der Waals surface area contributed by atoms with Gasteiger partial charge in [-0.25, -0.2) is 4.68 Å². The lowest BCUT2D eigenvalue weighted by Gasteiger charge is -2.25. The summed E-state index contributed by atoms with van der Waals surface area (Å²) >= 11 is 0. The van der Waals surface area contributed by atoms with Gasteiger partial charge in [-0.1, -0.05) is 60.7 Å². The predicted molar refractivity (Wildman–Crippen MR) is 126 cm³/mol. The fourth-order valence-corrected chi connectivity index (χ4v) is 4.20. The number of benzene rings is 2. The SMILES string of the molecule is O=C(CCCn1nnnc1CN1CCOCC1)NCCC(c1ccccc1)c1ccccc1. The van der Waals surface area contributed by atoms with E-state index in [0.717, 1.165) is 38.5 Å². The summed E-state index contributed by atoms with van der Waals surface area (Å²) in [6, 6.07) is 20.9. The largest absolute Gasteiger partial charge is 0.379 e. The van der Waals surface area contributed by atoms with Gasteiger partial charge in [-0.2, -0.15) is 0 Å². The number of nitrogens with zero attached hydrogens (tertiary/aromatic N) is 5. The Morgan fingerprint density at radius 2 is 1.67 bits per heavy atom. The minimum absolute atomic E-state index is 0.0673. The van der Waals surface area contributed by atoms with E-state index >= 15 is 0 Å². The van der Waals surface area contributed by atoms with Crippen LogP contribution in [0, 0.1) is 0 Å². The fraction of sp³-hybridized carbons (Fsp3) is 0.440. The van der Waals surface area contributed by atoms with Gasteiger partial charge in [0.05, 0.1) is 19.8 Å². The Balaban J connectivity index is 1.21. The van der Waals surface area contributed by atoms with E-state index < -0.39 is 0 Å². The van der Waals surface area contributed by atoms with Crippen LogP contribution in [0.2, 0.25) is 0 Å². The molecule has 1 fully saturated rings. The molecular formula is C25H32N6O2. The number of amides is 1. The van der Waals surface area contributed by atoms with E-state index in [0.29, 0.717) is 32.5 Å². The molecule has 0 aliphatic carbocycles. The fourth-order valence-electron chi connectivity index (χ4n) is 4.20. The second kappa shape index (κ2) is 12.2. The summed E-state index contributed by atoms with van der Waals surface area (Å²) in [5, 5.41) is 15.2. The Morgan fingerprint density at radius 3 is 2.33 bits per heavy atom. The number of hydrogen-bond acceptors (Lipinski definition) is 6. The van der Waals surface area contributed by atoms with Crippen LogP contribution >= 0.6 is 0 Å². The molecular weight excluding hydrogens is 416 g/mol. The Morgan fingerprint density at radius 1 is 1.00 bits per heavy atom. The van der Waals surface area contributed by atoms with E-state index in [1.165, 1.54) is 11.1 Å². The number of morpholine rings is 1. The first-order valence-corrected chi connectivity index (χ1v) is 11.7. The minimum atomic E-state index is 0.0673. The van der Waals surface area contributed by atoms with Crippen molar-refractivity contribution in [3.05, 3.63) is 77.6 Å². The molecule has 1 saturated heterocycles. The highest BCUT2D eigenvalue weighted by molar-refractivity contribution is 5.75. The van der Waals surface area contributed by atoms with Gasteiger partial charge in [0.25, 0.3) is 0 Å². The Bertz CT molecular complexity index is 933. The summed E-state index contributed by atoms with van der Waals surface area (Å²) in [5.74, 6) is 1.17. The number of carbonyl (C=O) groups is 1. The smallest absolute Gasteiger partial charge is 0.220 e. The predicted octanol–water partition coefficient (Wildman–Crippen LogP) is 2.62. The quantitative estimate of drug-likeness (QED) is 0.485. The average Bonchev–Trinajstić information content (AvgIpc) is 3.30. The van der Waals surface area contributed by atoms with Crippen molar-refractivity contribution in [2.45, 2.75) is 38.3 Å². The number of carbonyl (C=O) groups excluding carboxylic acids is 1. The maximum absolute atomic E-state index is 12.4. The molecule has 3 aromatic rings. The molecule has 0 unspecified atom stereocenters. The molecule has 8 nitrogen and oxygen atoms in total. The lowest BCUT2D eigenvalue weighted by Crippen LogP contribution is -2.36. The molecule has 0 bridgehead atoms. The van der Waals surface area contributed by atoms with Crippen molar-refractivity contribution in [1.29, 1.82) is 0 Å². The maximum Gasteiger partial charge on any atom is 0.220 e. The summed E-state index contributed by atoms with van der Waals surface area (Å²) in [6.45, 7) is 5.26. The minimum Gasteiger partial charge on any atom is -0.379 e. The third kappa shape index (κ3) is 6.94. The van der Waals surface area contributed by atoms with Crippen LogP contribution in [0.1, 0.15) is 42.1 Å². The monoisotopic (exact) mass is 448 g/mol. The maximum atomic E-state index is 12.4. The number of aryl methyl sites for hydroxylation is 1. The van der Waals surface area contributed by atoms with E-state index in [1.54, 1.807) is 0 Å². The van der Waals surface area contributed by atoms with E-state index in [4.69, 9.17) is 4.74 Å². The van der Waals surface area contributed by atoms with Crippen molar-refractivity contribution in [3.63, 3.8) is 0 Å².